The van der Waals surface area contributed by atoms with E-state index in [1.807, 2.05) is 0 Å². The lowest BCUT2D eigenvalue weighted by molar-refractivity contribution is 0.730. The SMILES string of the molecule is CCCCCC=Cc1ccc(C=CCCCCC)cc1. The number of hydrogen-bond donors (Lipinski definition) is 0. The first-order valence-electron chi connectivity index (χ1n) is 8.30. The fraction of sp³-hybridized carbons (Fsp3) is 0.500. The Bertz CT molecular complexity index is 342. The molecule has 0 bridgehead atoms. The Kier molecular flexibility index (Phi) is 9.65. The Morgan fingerprint density at radius 2 is 1.05 bits per heavy atom. The van der Waals surface area contributed by atoms with Crippen LogP contribution in [-0.4, -0.2) is 0 Å². The smallest absolute Gasteiger partial charge is 0.0259 e. The number of rotatable bonds is 10. The first-order valence-corrected chi connectivity index (χ1v) is 8.30. The summed E-state index contributed by atoms with van der Waals surface area (Å²) >= 11 is 0. The van der Waals surface area contributed by atoms with Crippen molar-refractivity contribution in [3.05, 3.63) is 47.5 Å². The molecule has 0 aliphatic carbocycles. The maximum atomic E-state index is 2.30. The first-order chi connectivity index (χ1) is 9.86. The number of allylic oxidation sites excluding steroid dienone is 2. The van der Waals surface area contributed by atoms with Gasteiger partial charge in [-0.25, -0.2) is 0 Å². The van der Waals surface area contributed by atoms with Gasteiger partial charge in [-0.05, 0) is 36.8 Å². The summed E-state index contributed by atoms with van der Waals surface area (Å²) in [6.45, 7) is 4.50. The van der Waals surface area contributed by atoms with Crippen LogP contribution >= 0.6 is 0 Å². The molecule has 0 N–H and O–H groups in total. The molecule has 1 aromatic carbocycles. The van der Waals surface area contributed by atoms with Crippen LogP contribution in [0.4, 0.5) is 0 Å². The zero-order chi connectivity index (χ0) is 14.5. The van der Waals surface area contributed by atoms with E-state index in [-0.39, 0.29) is 0 Å². The fourth-order valence-corrected chi connectivity index (χ4v) is 2.18. The molecule has 1 rings (SSSR count). The third kappa shape index (κ3) is 7.99. The monoisotopic (exact) mass is 270 g/mol. The van der Waals surface area contributed by atoms with Crippen molar-refractivity contribution in [3.8, 4) is 0 Å². The molecule has 110 valence electrons. The van der Waals surface area contributed by atoms with Gasteiger partial charge in [0, 0.05) is 0 Å². The van der Waals surface area contributed by atoms with E-state index in [9.17, 15) is 0 Å². The van der Waals surface area contributed by atoms with Crippen LogP contribution in [0.15, 0.2) is 36.4 Å². The Morgan fingerprint density at radius 1 is 0.650 bits per heavy atom. The maximum absolute atomic E-state index is 2.30. The first kappa shape index (κ1) is 16.8. The Morgan fingerprint density at radius 3 is 1.40 bits per heavy atom. The van der Waals surface area contributed by atoms with Crippen LogP contribution in [0.3, 0.4) is 0 Å². The van der Waals surface area contributed by atoms with Crippen LogP contribution in [0, 0.1) is 0 Å². The van der Waals surface area contributed by atoms with Gasteiger partial charge in [-0.3, -0.25) is 0 Å². The lowest BCUT2D eigenvalue weighted by Crippen LogP contribution is -1.76. The molecule has 0 atom stereocenters. The third-order valence-electron chi connectivity index (χ3n) is 3.51. The van der Waals surface area contributed by atoms with Crippen molar-refractivity contribution in [1.82, 2.24) is 0 Å². The summed E-state index contributed by atoms with van der Waals surface area (Å²) in [5, 5.41) is 0. The largest absolute Gasteiger partial charge is 0.0839 e. The molecule has 0 radical (unpaired) electrons. The van der Waals surface area contributed by atoms with Crippen LogP contribution in [0.5, 0.6) is 0 Å². The fourth-order valence-electron chi connectivity index (χ4n) is 2.18. The van der Waals surface area contributed by atoms with Crippen LogP contribution in [0.2, 0.25) is 0 Å². The molecular formula is C20H30. The second kappa shape index (κ2) is 11.5. The van der Waals surface area contributed by atoms with Crippen molar-refractivity contribution < 1.29 is 0 Å². The van der Waals surface area contributed by atoms with E-state index < -0.39 is 0 Å². The van der Waals surface area contributed by atoms with Gasteiger partial charge in [0.2, 0.25) is 0 Å². The topological polar surface area (TPSA) is 0 Å². The van der Waals surface area contributed by atoms with Gasteiger partial charge < -0.3 is 0 Å². The lowest BCUT2D eigenvalue weighted by Gasteiger charge is -1.97. The molecule has 0 saturated carbocycles. The van der Waals surface area contributed by atoms with Crippen molar-refractivity contribution in [3.63, 3.8) is 0 Å². The van der Waals surface area contributed by atoms with Crippen LogP contribution < -0.4 is 0 Å². The summed E-state index contributed by atoms with van der Waals surface area (Å²) in [4.78, 5) is 0. The summed E-state index contributed by atoms with van der Waals surface area (Å²) in [6.07, 6.45) is 19.4. The second-order valence-corrected chi connectivity index (χ2v) is 5.46. The van der Waals surface area contributed by atoms with Gasteiger partial charge >= 0.3 is 0 Å². The zero-order valence-electron chi connectivity index (χ0n) is 13.3. The average Bonchev–Trinajstić information content (AvgIpc) is 2.48. The molecule has 0 amide bonds. The minimum atomic E-state index is 1.20. The van der Waals surface area contributed by atoms with E-state index >= 15 is 0 Å². The predicted octanol–water partition coefficient (Wildman–Crippen LogP) is 6.87. The van der Waals surface area contributed by atoms with E-state index in [0.29, 0.717) is 0 Å². The van der Waals surface area contributed by atoms with Crippen molar-refractivity contribution in [2.75, 3.05) is 0 Å². The molecule has 0 spiro atoms. The van der Waals surface area contributed by atoms with Crippen molar-refractivity contribution in [1.29, 1.82) is 0 Å². The minimum absolute atomic E-state index is 1.20. The standard InChI is InChI=1S/C20H30/c1-3-5-7-9-11-13-19-15-17-20(18-16-19)14-12-10-8-6-4-2/h11-18H,3-10H2,1-2H3. The van der Waals surface area contributed by atoms with Gasteiger partial charge in [0.05, 0.1) is 0 Å². The van der Waals surface area contributed by atoms with E-state index in [1.165, 1.54) is 62.5 Å². The normalized spacial score (nSPS) is 11.7. The number of unbranched alkanes of at least 4 members (excludes halogenated alkanes) is 6. The molecule has 0 unspecified atom stereocenters. The van der Waals surface area contributed by atoms with E-state index in [0.717, 1.165) is 0 Å². The summed E-state index contributed by atoms with van der Waals surface area (Å²) in [6, 6.07) is 8.84. The highest BCUT2D eigenvalue weighted by Gasteiger charge is 1.89. The number of hydrogen-bond acceptors (Lipinski definition) is 0. The van der Waals surface area contributed by atoms with Gasteiger partial charge in [0.1, 0.15) is 0 Å². The highest BCUT2D eigenvalue weighted by atomic mass is 13.9. The van der Waals surface area contributed by atoms with Gasteiger partial charge in [-0.15, -0.1) is 0 Å². The third-order valence-corrected chi connectivity index (χ3v) is 3.51. The summed E-state index contributed by atoms with van der Waals surface area (Å²) in [7, 11) is 0. The molecule has 0 heteroatoms. The van der Waals surface area contributed by atoms with Crippen molar-refractivity contribution >= 4 is 12.2 Å². The zero-order valence-corrected chi connectivity index (χ0v) is 13.3. The van der Waals surface area contributed by atoms with E-state index in [2.05, 4.69) is 62.4 Å². The van der Waals surface area contributed by atoms with Gasteiger partial charge in [0.25, 0.3) is 0 Å². The van der Waals surface area contributed by atoms with Crippen molar-refractivity contribution in [2.24, 2.45) is 0 Å². The van der Waals surface area contributed by atoms with Gasteiger partial charge in [-0.2, -0.15) is 0 Å². The number of benzene rings is 1. The Hall–Kier alpha value is -1.30. The molecule has 20 heavy (non-hydrogen) atoms. The lowest BCUT2D eigenvalue weighted by atomic mass is 10.1. The molecule has 0 aromatic heterocycles. The van der Waals surface area contributed by atoms with E-state index in [4.69, 9.17) is 0 Å². The van der Waals surface area contributed by atoms with Crippen LogP contribution in [0.25, 0.3) is 12.2 Å². The summed E-state index contributed by atoms with van der Waals surface area (Å²) in [5.74, 6) is 0. The Labute approximate surface area is 125 Å². The molecule has 0 fully saturated rings. The van der Waals surface area contributed by atoms with Crippen LogP contribution in [-0.2, 0) is 0 Å². The molecular weight excluding hydrogens is 240 g/mol. The maximum Gasteiger partial charge on any atom is -0.0259 e. The Balaban J connectivity index is 2.32. The molecule has 1 aromatic rings. The quantitative estimate of drug-likeness (QED) is 0.407. The molecule has 0 saturated heterocycles. The minimum Gasteiger partial charge on any atom is -0.0839 e. The van der Waals surface area contributed by atoms with Crippen molar-refractivity contribution in [2.45, 2.75) is 65.2 Å². The predicted molar refractivity (Wildman–Crippen MR) is 92.8 cm³/mol. The highest BCUT2D eigenvalue weighted by Crippen LogP contribution is 2.10. The van der Waals surface area contributed by atoms with Gasteiger partial charge in [0.15, 0.2) is 0 Å². The summed E-state index contributed by atoms with van der Waals surface area (Å²) in [5.41, 5.74) is 2.62. The molecule has 0 heterocycles. The van der Waals surface area contributed by atoms with E-state index in [1.54, 1.807) is 0 Å². The second-order valence-electron chi connectivity index (χ2n) is 5.46. The summed E-state index contributed by atoms with van der Waals surface area (Å²) < 4.78 is 0. The molecule has 0 nitrogen and oxygen atoms in total. The molecule has 0 aliphatic heterocycles. The average molecular weight is 270 g/mol. The van der Waals surface area contributed by atoms with Crippen LogP contribution in [0.1, 0.15) is 76.3 Å². The van der Waals surface area contributed by atoms with Gasteiger partial charge in [-0.1, -0.05) is 88.1 Å². The molecule has 0 aliphatic rings. The highest BCUT2D eigenvalue weighted by molar-refractivity contribution is 5.55.